The Morgan fingerprint density at radius 1 is 1.29 bits per heavy atom. The Labute approximate surface area is 130 Å². The highest BCUT2D eigenvalue weighted by Crippen LogP contribution is 2.34. The van der Waals surface area contributed by atoms with Gasteiger partial charge in [0.1, 0.15) is 5.01 Å². The zero-order valence-corrected chi connectivity index (χ0v) is 14.2. The first kappa shape index (κ1) is 14.7. The second-order valence-electron chi connectivity index (χ2n) is 5.83. The standard InChI is InChI=1S/C16H24N4S/c1-5-17-15(14-10(2)19-20(4)11(14)3)16-18-12-8-6-7-9-13(12)21-16/h15,17H,5-9H2,1-4H3. The van der Waals surface area contributed by atoms with Crippen LogP contribution in [0.15, 0.2) is 0 Å². The molecule has 2 aromatic heterocycles. The highest BCUT2D eigenvalue weighted by Gasteiger charge is 2.26. The normalized spacial score (nSPS) is 16.0. The average Bonchev–Trinajstić information content (AvgIpc) is 2.99. The van der Waals surface area contributed by atoms with Crippen LogP contribution < -0.4 is 5.32 Å². The number of rotatable bonds is 4. The van der Waals surface area contributed by atoms with E-state index in [9.17, 15) is 0 Å². The van der Waals surface area contributed by atoms with Crippen LogP contribution in [0.5, 0.6) is 0 Å². The SMILES string of the molecule is CCNC(c1nc2c(s1)CCCC2)c1c(C)nn(C)c1C. The van der Waals surface area contributed by atoms with Gasteiger partial charge in [0.2, 0.25) is 0 Å². The smallest absolute Gasteiger partial charge is 0.115 e. The lowest BCUT2D eigenvalue weighted by atomic mass is 10.0. The molecular weight excluding hydrogens is 280 g/mol. The summed E-state index contributed by atoms with van der Waals surface area (Å²) in [5, 5.41) is 9.40. The molecule has 1 aliphatic carbocycles. The third kappa shape index (κ3) is 2.64. The lowest BCUT2D eigenvalue weighted by molar-refractivity contribution is 0.614. The van der Waals surface area contributed by atoms with Gasteiger partial charge < -0.3 is 5.32 Å². The van der Waals surface area contributed by atoms with Gasteiger partial charge in [0.05, 0.1) is 17.4 Å². The molecular formula is C16H24N4S. The molecule has 0 amide bonds. The summed E-state index contributed by atoms with van der Waals surface area (Å²) < 4.78 is 1.97. The zero-order valence-electron chi connectivity index (χ0n) is 13.4. The van der Waals surface area contributed by atoms with Gasteiger partial charge in [0, 0.05) is 23.2 Å². The van der Waals surface area contributed by atoms with Crippen molar-refractivity contribution in [2.45, 2.75) is 52.5 Å². The first-order valence-electron chi connectivity index (χ1n) is 7.83. The van der Waals surface area contributed by atoms with E-state index in [4.69, 9.17) is 4.98 Å². The van der Waals surface area contributed by atoms with Gasteiger partial charge in [-0.3, -0.25) is 4.68 Å². The lowest BCUT2D eigenvalue weighted by Crippen LogP contribution is -2.23. The van der Waals surface area contributed by atoms with Gasteiger partial charge in [-0.05, 0) is 46.1 Å². The molecule has 1 aliphatic rings. The number of nitrogens with zero attached hydrogens (tertiary/aromatic N) is 3. The first-order valence-corrected chi connectivity index (χ1v) is 8.65. The number of hydrogen-bond acceptors (Lipinski definition) is 4. The largest absolute Gasteiger partial charge is 0.304 e. The molecule has 3 rings (SSSR count). The molecule has 21 heavy (non-hydrogen) atoms. The molecule has 2 heterocycles. The Bertz CT molecular complexity index is 617. The summed E-state index contributed by atoms with van der Waals surface area (Å²) in [5.41, 5.74) is 4.97. The van der Waals surface area contributed by atoms with E-state index in [2.05, 4.69) is 31.2 Å². The van der Waals surface area contributed by atoms with Crippen molar-refractivity contribution in [1.82, 2.24) is 20.1 Å². The quantitative estimate of drug-likeness (QED) is 0.944. The molecule has 114 valence electrons. The van der Waals surface area contributed by atoms with Crippen LogP contribution >= 0.6 is 11.3 Å². The van der Waals surface area contributed by atoms with Crippen LogP contribution in [0.1, 0.15) is 58.3 Å². The van der Waals surface area contributed by atoms with Crippen molar-refractivity contribution in [3.05, 3.63) is 32.5 Å². The van der Waals surface area contributed by atoms with Gasteiger partial charge in [-0.25, -0.2) is 4.98 Å². The van der Waals surface area contributed by atoms with Crippen LogP contribution in [0.2, 0.25) is 0 Å². The summed E-state index contributed by atoms with van der Waals surface area (Å²) >= 11 is 1.89. The van der Waals surface area contributed by atoms with E-state index in [1.165, 1.54) is 46.1 Å². The van der Waals surface area contributed by atoms with E-state index in [0.29, 0.717) is 0 Å². The Kier molecular flexibility index (Phi) is 4.13. The Morgan fingerprint density at radius 2 is 2.05 bits per heavy atom. The molecule has 1 N–H and O–H groups in total. The molecule has 5 heteroatoms. The maximum absolute atomic E-state index is 4.96. The monoisotopic (exact) mass is 304 g/mol. The van der Waals surface area contributed by atoms with Crippen molar-refractivity contribution >= 4 is 11.3 Å². The maximum atomic E-state index is 4.96. The van der Waals surface area contributed by atoms with E-state index in [1.54, 1.807) is 0 Å². The molecule has 0 aliphatic heterocycles. The molecule has 0 bridgehead atoms. The number of nitrogens with one attached hydrogen (secondary N) is 1. The van der Waals surface area contributed by atoms with E-state index in [-0.39, 0.29) is 6.04 Å². The van der Waals surface area contributed by atoms with Gasteiger partial charge in [0.15, 0.2) is 0 Å². The minimum absolute atomic E-state index is 0.180. The molecule has 2 aromatic rings. The summed E-state index contributed by atoms with van der Waals surface area (Å²) in [6.07, 6.45) is 4.95. The predicted molar refractivity (Wildman–Crippen MR) is 87.0 cm³/mol. The minimum Gasteiger partial charge on any atom is -0.304 e. The summed E-state index contributed by atoms with van der Waals surface area (Å²) in [6.45, 7) is 7.33. The van der Waals surface area contributed by atoms with Crippen LogP contribution in [0.4, 0.5) is 0 Å². The molecule has 1 atom stereocenters. The van der Waals surface area contributed by atoms with Crippen molar-refractivity contribution in [3.63, 3.8) is 0 Å². The topological polar surface area (TPSA) is 42.7 Å². The summed E-state index contributed by atoms with van der Waals surface area (Å²) in [6, 6.07) is 0.180. The van der Waals surface area contributed by atoms with Crippen LogP contribution in [-0.2, 0) is 19.9 Å². The van der Waals surface area contributed by atoms with Gasteiger partial charge >= 0.3 is 0 Å². The van der Waals surface area contributed by atoms with Crippen molar-refractivity contribution in [1.29, 1.82) is 0 Å². The van der Waals surface area contributed by atoms with Crippen molar-refractivity contribution < 1.29 is 0 Å². The zero-order chi connectivity index (χ0) is 15.0. The van der Waals surface area contributed by atoms with Crippen molar-refractivity contribution in [2.24, 2.45) is 7.05 Å². The van der Waals surface area contributed by atoms with Crippen LogP contribution in [0.25, 0.3) is 0 Å². The second kappa shape index (κ2) is 5.89. The van der Waals surface area contributed by atoms with E-state index in [1.807, 2.05) is 23.1 Å². The number of aryl methyl sites for hydroxylation is 4. The van der Waals surface area contributed by atoms with Gasteiger partial charge in [-0.15, -0.1) is 11.3 Å². The van der Waals surface area contributed by atoms with Gasteiger partial charge in [-0.1, -0.05) is 6.92 Å². The molecule has 4 nitrogen and oxygen atoms in total. The number of fused-ring (bicyclic) bond motifs is 1. The minimum atomic E-state index is 0.180. The number of aromatic nitrogens is 3. The predicted octanol–water partition coefficient (Wildman–Crippen LogP) is 3.07. The molecule has 0 saturated heterocycles. The lowest BCUT2D eigenvalue weighted by Gasteiger charge is -2.16. The van der Waals surface area contributed by atoms with Crippen LogP contribution in [0, 0.1) is 13.8 Å². The summed E-state index contributed by atoms with van der Waals surface area (Å²) in [5.74, 6) is 0. The van der Waals surface area contributed by atoms with Crippen LogP contribution in [0.3, 0.4) is 0 Å². The molecule has 1 unspecified atom stereocenters. The third-order valence-electron chi connectivity index (χ3n) is 4.37. The number of hydrogen-bond donors (Lipinski definition) is 1. The molecule has 0 fully saturated rings. The first-order chi connectivity index (χ1) is 10.1. The Hall–Kier alpha value is -1.20. The van der Waals surface area contributed by atoms with Crippen LogP contribution in [-0.4, -0.2) is 21.3 Å². The number of thiazole rings is 1. The highest BCUT2D eigenvalue weighted by atomic mass is 32.1. The second-order valence-corrected chi connectivity index (χ2v) is 6.94. The average molecular weight is 304 g/mol. The fourth-order valence-electron chi connectivity index (χ4n) is 3.22. The van der Waals surface area contributed by atoms with Gasteiger partial charge in [-0.2, -0.15) is 5.10 Å². The van der Waals surface area contributed by atoms with Crippen molar-refractivity contribution in [2.75, 3.05) is 6.54 Å². The van der Waals surface area contributed by atoms with Crippen molar-refractivity contribution in [3.8, 4) is 0 Å². The third-order valence-corrected chi connectivity index (χ3v) is 5.59. The molecule has 0 aromatic carbocycles. The Balaban J connectivity index is 2.03. The summed E-state index contributed by atoms with van der Waals surface area (Å²) in [7, 11) is 2.02. The van der Waals surface area contributed by atoms with Gasteiger partial charge in [0.25, 0.3) is 0 Å². The van der Waals surface area contributed by atoms with E-state index < -0.39 is 0 Å². The fraction of sp³-hybridized carbons (Fsp3) is 0.625. The molecule has 0 saturated carbocycles. The molecule has 0 radical (unpaired) electrons. The fourth-order valence-corrected chi connectivity index (χ4v) is 4.46. The van der Waals surface area contributed by atoms with E-state index >= 15 is 0 Å². The maximum Gasteiger partial charge on any atom is 0.115 e. The Morgan fingerprint density at radius 3 is 2.67 bits per heavy atom. The van der Waals surface area contributed by atoms with E-state index in [0.717, 1.165) is 18.7 Å². The molecule has 0 spiro atoms. The highest BCUT2D eigenvalue weighted by molar-refractivity contribution is 7.11. The summed E-state index contributed by atoms with van der Waals surface area (Å²) in [4.78, 5) is 6.46.